The molecule has 0 radical (unpaired) electrons. The van der Waals surface area contributed by atoms with E-state index >= 15 is 0 Å². The van der Waals surface area contributed by atoms with Crippen LogP contribution in [0.4, 0.5) is 0 Å². The van der Waals surface area contributed by atoms with Crippen LogP contribution in [0.2, 0.25) is 5.02 Å². The fourth-order valence-electron chi connectivity index (χ4n) is 3.28. The Labute approximate surface area is 165 Å². The highest BCUT2D eigenvalue weighted by Gasteiger charge is 2.26. The van der Waals surface area contributed by atoms with Crippen LogP contribution < -0.4 is 10.6 Å². The molecular formula is C20H24Cl2N2O2. The molecule has 26 heavy (non-hydrogen) atoms. The maximum Gasteiger partial charge on any atom is 0.251 e. The zero-order chi connectivity index (χ0) is 17.6. The predicted octanol–water partition coefficient (Wildman–Crippen LogP) is 2.91. The minimum absolute atomic E-state index is 0. The van der Waals surface area contributed by atoms with Gasteiger partial charge in [0.05, 0.1) is 0 Å². The summed E-state index contributed by atoms with van der Waals surface area (Å²) in [6.45, 7) is 2.37. The van der Waals surface area contributed by atoms with E-state index in [9.17, 15) is 9.90 Å². The fourth-order valence-corrected chi connectivity index (χ4v) is 3.40. The van der Waals surface area contributed by atoms with Gasteiger partial charge in [0.2, 0.25) is 0 Å². The number of aliphatic hydroxyl groups is 1. The van der Waals surface area contributed by atoms with E-state index in [1.807, 2.05) is 48.5 Å². The summed E-state index contributed by atoms with van der Waals surface area (Å²) in [7, 11) is 0. The van der Waals surface area contributed by atoms with Gasteiger partial charge in [0, 0.05) is 42.7 Å². The standard InChI is InChI=1S/C20H23ClN2O2.ClH/c21-18-7-5-14(6-8-18)9-15-3-1-2-4-19(15)20(25)23-12-16-10-22-11-17(16)13-24;/h1-8,16-17,22,24H,9-13H2,(H,23,25);1H/t16-,17-;/m1./s1. The number of amides is 1. The van der Waals surface area contributed by atoms with Crippen molar-refractivity contribution < 1.29 is 9.90 Å². The highest BCUT2D eigenvalue weighted by molar-refractivity contribution is 6.30. The van der Waals surface area contributed by atoms with Crippen molar-refractivity contribution in [3.8, 4) is 0 Å². The molecule has 1 fully saturated rings. The van der Waals surface area contributed by atoms with E-state index in [-0.39, 0.29) is 36.8 Å². The molecule has 1 aliphatic heterocycles. The highest BCUT2D eigenvalue weighted by Crippen LogP contribution is 2.18. The number of hydrogen-bond donors (Lipinski definition) is 3. The largest absolute Gasteiger partial charge is 0.396 e. The average molecular weight is 395 g/mol. The molecule has 140 valence electrons. The molecule has 0 bridgehead atoms. The molecule has 0 unspecified atom stereocenters. The third-order valence-electron chi connectivity index (χ3n) is 4.81. The Morgan fingerprint density at radius 1 is 1.12 bits per heavy atom. The lowest BCUT2D eigenvalue weighted by Gasteiger charge is -2.17. The van der Waals surface area contributed by atoms with Gasteiger partial charge < -0.3 is 15.7 Å². The molecule has 0 saturated carbocycles. The summed E-state index contributed by atoms with van der Waals surface area (Å²) in [5.41, 5.74) is 2.81. The van der Waals surface area contributed by atoms with E-state index in [1.54, 1.807) is 0 Å². The molecule has 0 aliphatic carbocycles. The molecule has 2 aromatic carbocycles. The second kappa shape index (κ2) is 9.93. The molecule has 1 amide bonds. The van der Waals surface area contributed by atoms with Gasteiger partial charge in [0.15, 0.2) is 0 Å². The minimum atomic E-state index is -0.0619. The van der Waals surface area contributed by atoms with Gasteiger partial charge in [-0.2, -0.15) is 0 Å². The van der Waals surface area contributed by atoms with Crippen LogP contribution in [0.25, 0.3) is 0 Å². The van der Waals surface area contributed by atoms with Gasteiger partial charge in [-0.1, -0.05) is 41.9 Å². The van der Waals surface area contributed by atoms with Crippen molar-refractivity contribution in [3.63, 3.8) is 0 Å². The number of hydrogen-bond acceptors (Lipinski definition) is 3. The Balaban J connectivity index is 0.00000243. The normalized spacial score (nSPS) is 19.0. The molecule has 2 atom stereocenters. The van der Waals surface area contributed by atoms with Crippen molar-refractivity contribution in [2.24, 2.45) is 11.8 Å². The number of benzene rings is 2. The Bertz CT molecular complexity index is 722. The molecule has 1 heterocycles. The summed E-state index contributed by atoms with van der Waals surface area (Å²) in [6, 6.07) is 15.4. The number of carbonyl (C=O) groups is 1. The lowest BCUT2D eigenvalue weighted by molar-refractivity contribution is 0.0939. The van der Waals surface area contributed by atoms with Gasteiger partial charge >= 0.3 is 0 Å². The zero-order valence-corrected chi connectivity index (χ0v) is 16.0. The smallest absolute Gasteiger partial charge is 0.251 e. The van der Waals surface area contributed by atoms with Crippen molar-refractivity contribution in [2.75, 3.05) is 26.2 Å². The SMILES string of the molecule is Cl.O=C(NC[C@H]1CNC[C@@H]1CO)c1ccccc1Cc1ccc(Cl)cc1. The zero-order valence-electron chi connectivity index (χ0n) is 14.5. The molecular weight excluding hydrogens is 371 g/mol. The average Bonchev–Trinajstić information content (AvgIpc) is 3.09. The van der Waals surface area contributed by atoms with E-state index in [1.165, 1.54) is 0 Å². The van der Waals surface area contributed by atoms with E-state index < -0.39 is 0 Å². The number of nitrogens with one attached hydrogen (secondary N) is 2. The van der Waals surface area contributed by atoms with Crippen LogP contribution in [0, 0.1) is 11.8 Å². The molecule has 2 aromatic rings. The van der Waals surface area contributed by atoms with E-state index in [2.05, 4.69) is 10.6 Å². The second-order valence-corrected chi connectivity index (χ2v) is 6.97. The molecule has 3 rings (SSSR count). The molecule has 1 aliphatic rings. The number of rotatable bonds is 6. The summed E-state index contributed by atoms with van der Waals surface area (Å²) in [5.74, 6) is 0.426. The monoisotopic (exact) mass is 394 g/mol. The van der Waals surface area contributed by atoms with Crippen LogP contribution >= 0.6 is 24.0 Å². The number of aliphatic hydroxyl groups excluding tert-OH is 1. The van der Waals surface area contributed by atoms with Crippen LogP contribution in [-0.2, 0) is 6.42 Å². The topological polar surface area (TPSA) is 61.4 Å². The Morgan fingerprint density at radius 3 is 2.54 bits per heavy atom. The van der Waals surface area contributed by atoms with Crippen LogP contribution in [-0.4, -0.2) is 37.3 Å². The van der Waals surface area contributed by atoms with Gasteiger partial charge in [0.25, 0.3) is 5.91 Å². The quantitative estimate of drug-likeness (QED) is 0.705. The first kappa shape index (κ1) is 20.7. The van der Waals surface area contributed by atoms with Crippen molar-refractivity contribution in [3.05, 3.63) is 70.2 Å². The molecule has 1 saturated heterocycles. The van der Waals surface area contributed by atoms with Crippen molar-refractivity contribution in [2.45, 2.75) is 6.42 Å². The van der Waals surface area contributed by atoms with Gasteiger partial charge in [-0.15, -0.1) is 12.4 Å². The first-order chi connectivity index (χ1) is 12.2. The van der Waals surface area contributed by atoms with Crippen LogP contribution in [0.1, 0.15) is 21.5 Å². The summed E-state index contributed by atoms with van der Waals surface area (Å²) < 4.78 is 0. The Morgan fingerprint density at radius 2 is 1.81 bits per heavy atom. The van der Waals surface area contributed by atoms with Crippen molar-refractivity contribution in [1.82, 2.24) is 10.6 Å². The predicted molar refractivity (Wildman–Crippen MR) is 107 cm³/mol. The Hall–Kier alpha value is -1.59. The molecule has 6 heteroatoms. The molecule has 0 aromatic heterocycles. The maximum absolute atomic E-state index is 12.6. The number of carbonyl (C=O) groups excluding carboxylic acids is 1. The molecule has 4 nitrogen and oxygen atoms in total. The van der Waals surface area contributed by atoms with Gasteiger partial charge in [-0.3, -0.25) is 4.79 Å². The van der Waals surface area contributed by atoms with Crippen LogP contribution in [0.5, 0.6) is 0 Å². The Kier molecular flexibility index (Phi) is 7.91. The first-order valence-corrected chi connectivity index (χ1v) is 8.97. The summed E-state index contributed by atoms with van der Waals surface area (Å²) in [5, 5.41) is 16.4. The van der Waals surface area contributed by atoms with E-state index in [4.69, 9.17) is 11.6 Å². The summed E-state index contributed by atoms with van der Waals surface area (Å²) >= 11 is 5.94. The summed E-state index contributed by atoms with van der Waals surface area (Å²) in [6.07, 6.45) is 0.686. The second-order valence-electron chi connectivity index (χ2n) is 6.53. The summed E-state index contributed by atoms with van der Waals surface area (Å²) in [4.78, 5) is 12.6. The fraction of sp³-hybridized carbons (Fsp3) is 0.350. The van der Waals surface area contributed by atoms with Crippen LogP contribution in [0.15, 0.2) is 48.5 Å². The number of halogens is 2. The lowest BCUT2D eigenvalue weighted by atomic mass is 9.96. The van der Waals surface area contributed by atoms with Crippen molar-refractivity contribution in [1.29, 1.82) is 0 Å². The maximum atomic E-state index is 12.6. The van der Waals surface area contributed by atoms with Gasteiger partial charge in [-0.25, -0.2) is 0 Å². The first-order valence-electron chi connectivity index (χ1n) is 8.59. The van der Waals surface area contributed by atoms with E-state index in [0.29, 0.717) is 23.6 Å². The van der Waals surface area contributed by atoms with Crippen molar-refractivity contribution >= 4 is 29.9 Å². The highest BCUT2D eigenvalue weighted by atomic mass is 35.5. The lowest BCUT2D eigenvalue weighted by Crippen LogP contribution is -2.34. The minimum Gasteiger partial charge on any atom is -0.396 e. The molecule has 0 spiro atoms. The van der Waals surface area contributed by atoms with E-state index in [0.717, 1.165) is 24.2 Å². The van der Waals surface area contributed by atoms with Gasteiger partial charge in [0.1, 0.15) is 0 Å². The molecule has 3 N–H and O–H groups in total. The van der Waals surface area contributed by atoms with Gasteiger partial charge in [-0.05, 0) is 41.7 Å². The third-order valence-corrected chi connectivity index (χ3v) is 5.06. The third kappa shape index (κ3) is 5.21. The van der Waals surface area contributed by atoms with Crippen LogP contribution in [0.3, 0.4) is 0 Å².